The van der Waals surface area contributed by atoms with Crippen LogP contribution in [-0.2, 0) is 16.1 Å². The number of carbonyl (C=O) groups is 2. The molecule has 6 nitrogen and oxygen atoms in total. The molecule has 0 atom stereocenters. The van der Waals surface area contributed by atoms with Gasteiger partial charge in [0.05, 0.1) is 13.0 Å². The van der Waals surface area contributed by atoms with Crippen LogP contribution in [0.15, 0.2) is 42.7 Å². The Morgan fingerprint density at radius 2 is 2.10 bits per heavy atom. The molecule has 1 aromatic carbocycles. The number of nitrogens with zero attached hydrogens (tertiary/aromatic N) is 2. The molecule has 0 aliphatic rings. The van der Waals surface area contributed by atoms with Gasteiger partial charge in [0.1, 0.15) is 0 Å². The van der Waals surface area contributed by atoms with E-state index in [9.17, 15) is 9.59 Å². The summed E-state index contributed by atoms with van der Waals surface area (Å²) < 4.78 is 1.78. The molecule has 104 valence electrons. The van der Waals surface area contributed by atoms with Crippen LogP contribution < -0.4 is 5.32 Å². The molecule has 6 heteroatoms. The van der Waals surface area contributed by atoms with Gasteiger partial charge in [0, 0.05) is 24.5 Å². The van der Waals surface area contributed by atoms with E-state index in [1.807, 2.05) is 30.5 Å². The summed E-state index contributed by atoms with van der Waals surface area (Å²) >= 11 is 0. The molecule has 0 saturated heterocycles. The predicted octanol–water partition coefficient (Wildman–Crippen LogP) is 1.73. The third kappa shape index (κ3) is 4.24. The van der Waals surface area contributed by atoms with Crippen LogP contribution in [0.3, 0.4) is 0 Å². The fourth-order valence-electron chi connectivity index (χ4n) is 1.77. The van der Waals surface area contributed by atoms with Crippen LogP contribution >= 0.6 is 0 Å². The van der Waals surface area contributed by atoms with E-state index < -0.39 is 5.97 Å². The zero-order valence-corrected chi connectivity index (χ0v) is 10.8. The van der Waals surface area contributed by atoms with Crippen molar-refractivity contribution in [2.75, 3.05) is 5.32 Å². The molecule has 1 aromatic heterocycles. The number of hydrogen-bond donors (Lipinski definition) is 2. The van der Waals surface area contributed by atoms with Crippen molar-refractivity contribution in [3.63, 3.8) is 0 Å². The van der Waals surface area contributed by atoms with Gasteiger partial charge in [-0.05, 0) is 23.8 Å². The van der Waals surface area contributed by atoms with Crippen molar-refractivity contribution in [1.29, 1.82) is 0 Å². The van der Waals surface area contributed by atoms with Gasteiger partial charge in [-0.15, -0.1) is 0 Å². The maximum atomic E-state index is 11.6. The fourth-order valence-corrected chi connectivity index (χ4v) is 1.77. The first-order chi connectivity index (χ1) is 9.63. The number of carbonyl (C=O) groups excluding carboxylic acids is 1. The second kappa shape index (κ2) is 6.51. The summed E-state index contributed by atoms with van der Waals surface area (Å²) in [6, 6.07) is 9.24. The number of hydrogen-bond acceptors (Lipinski definition) is 3. The molecule has 0 spiro atoms. The summed E-state index contributed by atoms with van der Waals surface area (Å²) in [7, 11) is 0. The minimum Gasteiger partial charge on any atom is -0.481 e. The average molecular weight is 273 g/mol. The molecule has 0 unspecified atom stereocenters. The summed E-state index contributed by atoms with van der Waals surface area (Å²) in [5.74, 6) is -1.28. The second-order valence-electron chi connectivity index (χ2n) is 4.35. The quantitative estimate of drug-likeness (QED) is 0.839. The number of anilines is 1. The van der Waals surface area contributed by atoms with Crippen molar-refractivity contribution in [1.82, 2.24) is 9.78 Å². The molecular weight excluding hydrogens is 258 g/mol. The molecule has 20 heavy (non-hydrogen) atoms. The first-order valence-corrected chi connectivity index (χ1v) is 6.21. The van der Waals surface area contributed by atoms with Crippen molar-refractivity contribution in [2.24, 2.45) is 0 Å². The van der Waals surface area contributed by atoms with Crippen LogP contribution in [-0.4, -0.2) is 26.8 Å². The van der Waals surface area contributed by atoms with Crippen molar-refractivity contribution < 1.29 is 14.7 Å². The highest BCUT2D eigenvalue weighted by Crippen LogP contribution is 2.12. The predicted molar refractivity (Wildman–Crippen MR) is 73.3 cm³/mol. The lowest BCUT2D eigenvalue weighted by molar-refractivity contribution is -0.138. The molecule has 0 saturated carbocycles. The maximum Gasteiger partial charge on any atom is 0.303 e. The normalized spacial score (nSPS) is 10.2. The van der Waals surface area contributed by atoms with Crippen molar-refractivity contribution in [3.8, 4) is 0 Å². The van der Waals surface area contributed by atoms with E-state index in [0.717, 1.165) is 5.56 Å². The van der Waals surface area contributed by atoms with Crippen LogP contribution in [0.25, 0.3) is 0 Å². The van der Waals surface area contributed by atoms with Crippen LogP contribution in [0.4, 0.5) is 5.69 Å². The number of benzene rings is 1. The van der Waals surface area contributed by atoms with E-state index in [1.165, 1.54) is 0 Å². The van der Waals surface area contributed by atoms with Gasteiger partial charge in [-0.25, -0.2) is 0 Å². The zero-order chi connectivity index (χ0) is 14.4. The highest BCUT2D eigenvalue weighted by atomic mass is 16.4. The summed E-state index contributed by atoms with van der Waals surface area (Å²) in [5.41, 5.74) is 1.66. The van der Waals surface area contributed by atoms with E-state index in [1.54, 1.807) is 16.9 Å². The van der Waals surface area contributed by atoms with Gasteiger partial charge in [-0.3, -0.25) is 14.3 Å². The maximum absolute atomic E-state index is 11.6. The third-order valence-corrected chi connectivity index (χ3v) is 2.68. The minimum atomic E-state index is -0.979. The summed E-state index contributed by atoms with van der Waals surface area (Å²) in [4.78, 5) is 22.0. The smallest absolute Gasteiger partial charge is 0.303 e. The van der Waals surface area contributed by atoms with Crippen LogP contribution in [0.2, 0.25) is 0 Å². The van der Waals surface area contributed by atoms with Gasteiger partial charge in [-0.2, -0.15) is 5.10 Å². The summed E-state index contributed by atoms with van der Waals surface area (Å²) in [6.07, 6.45) is 3.37. The molecule has 2 N–H and O–H groups in total. The fraction of sp³-hybridized carbons (Fsp3) is 0.214. The Labute approximate surface area is 116 Å². The number of carboxylic acid groups (broad SMARTS) is 1. The number of carboxylic acids is 1. The molecule has 0 aliphatic heterocycles. The number of aromatic nitrogens is 2. The highest BCUT2D eigenvalue weighted by molar-refractivity contribution is 5.92. The Morgan fingerprint density at radius 1 is 1.25 bits per heavy atom. The SMILES string of the molecule is O=C(O)CCC(=O)Nc1cccc(Cn2cccn2)c1. The Kier molecular flexibility index (Phi) is 4.49. The third-order valence-electron chi connectivity index (χ3n) is 2.68. The van der Waals surface area contributed by atoms with Gasteiger partial charge >= 0.3 is 5.97 Å². The van der Waals surface area contributed by atoms with E-state index in [2.05, 4.69) is 10.4 Å². The summed E-state index contributed by atoms with van der Waals surface area (Å²) in [5, 5.41) is 15.3. The molecule has 2 rings (SSSR count). The Morgan fingerprint density at radius 3 is 2.80 bits per heavy atom. The van der Waals surface area contributed by atoms with E-state index in [-0.39, 0.29) is 18.7 Å². The van der Waals surface area contributed by atoms with Crippen LogP contribution in [0.1, 0.15) is 18.4 Å². The number of aliphatic carboxylic acids is 1. The van der Waals surface area contributed by atoms with Gasteiger partial charge in [0.25, 0.3) is 0 Å². The molecule has 2 aromatic rings. The first kappa shape index (κ1) is 13.8. The molecule has 1 amide bonds. The lowest BCUT2D eigenvalue weighted by Gasteiger charge is -2.07. The lowest BCUT2D eigenvalue weighted by atomic mass is 10.2. The Hall–Kier alpha value is -2.63. The number of nitrogens with one attached hydrogen (secondary N) is 1. The standard InChI is InChI=1S/C14H15N3O3/c18-13(5-6-14(19)20)16-12-4-1-3-11(9-12)10-17-8-2-7-15-17/h1-4,7-9H,5-6,10H2,(H,16,18)(H,19,20). The largest absolute Gasteiger partial charge is 0.481 e. The minimum absolute atomic E-state index is 0.0291. The van der Waals surface area contributed by atoms with Gasteiger partial charge in [-0.1, -0.05) is 12.1 Å². The highest BCUT2D eigenvalue weighted by Gasteiger charge is 2.06. The van der Waals surface area contributed by atoms with Crippen LogP contribution in [0, 0.1) is 0 Å². The van der Waals surface area contributed by atoms with Gasteiger partial charge in [0.15, 0.2) is 0 Å². The van der Waals surface area contributed by atoms with Crippen molar-refractivity contribution >= 4 is 17.6 Å². The van der Waals surface area contributed by atoms with E-state index in [0.29, 0.717) is 12.2 Å². The Balaban J connectivity index is 1.95. The van der Waals surface area contributed by atoms with E-state index >= 15 is 0 Å². The topological polar surface area (TPSA) is 84.2 Å². The van der Waals surface area contributed by atoms with Gasteiger partial charge < -0.3 is 10.4 Å². The molecule has 0 bridgehead atoms. The van der Waals surface area contributed by atoms with Crippen LogP contribution in [0.5, 0.6) is 0 Å². The molecule has 0 fully saturated rings. The lowest BCUT2D eigenvalue weighted by Crippen LogP contribution is -2.13. The average Bonchev–Trinajstić information content (AvgIpc) is 2.89. The Bertz CT molecular complexity index is 593. The molecular formula is C14H15N3O3. The van der Waals surface area contributed by atoms with Gasteiger partial charge in [0.2, 0.25) is 5.91 Å². The van der Waals surface area contributed by atoms with Crippen molar-refractivity contribution in [2.45, 2.75) is 19.4 Å². The first-order valence-electron chi connectivity index (χ1n) is 6.21. The number of rotatable bonds is 6. The molecule has 0 aliphatic carbocycles. The monoisotopic (exact) mass is 273 g/mol. The number of amides is 1. The zero-order valence-electron chi connectivity index (χ0n) is 10.8. The second-order valence-corrected chi connectivity index (χ2v) is 4.35. The van der Waals surface area contributed by atoms with E-state index in [4.69, 9.17) is 5.11 Å². The molecule has 0 radical (unpaired) electrons. The molecule has 1 heterocycles. The van der Waals surface area contributed by atoms with Crippen molar-refractivity contribution in [3.05, 3.63) is 48.3 Å². The summed E-state index contributed by atoms with van der Waals surface area (Å²) in [6.45, 7) is 0.617.